The normalized spacial score (nSPS) is 10.9. The highest BCUT2D eigenvalue weighted by atomic mass is 32.2. The Balaban J connectivity index is 1.64. The van der Waals surface area contributed by atoms with Crippen molar-refractivity contribution < 1.29 is 4.79 Å². The van der Waals surface area contributed by atoms with Gasteiger partial charge in [-0.05, 0) is 34.9 Å². The van der Waals surface area contributed by atoms with Gasteiger partial charge in [0.25, 0.3) is 0 Å². The maximum Gasteiger partial charge on any atom is 0.230 e. The average Bonchev–Trinajstić information content (AvgIpc) is 3.03. The van der Waals surface area contributed by atoms with Crippen molar-refractivity contribution in [3.8, 4) is 0 Å². The van der Waals surface area contributed by atoms with Gasteiger partial charge in [-0.25, -0.2) is 4.68 Å². The molecule has 25 heavy (non-hydrogen) atoms. The summed E-state index contributed by atoms with van der Waals surface area (Å²) >= 11 is 1.37. The molecule has 2 rings (SSSR count). The van der Waals surface area contributed by atoms with Crippen molar-refractivity contribution in [2.75, 3.05) is 30.8 Å². The molecule has 0 aliphatic rings. The monoisotopic (exact) mass is 362 g/mol. The molecule has 2 aromatic rings. The van der Waals surface area contributed by atoms with Crippen molar-refractivity contribution in [1.29, 1.82) is 0 Å². The van der Waals surface area contributed by atoms with Gasteiger partial charge in [-0.2, -0.15) is 0 Å². The molecule has 0 spiro atoms. The van der Waals surface area contributed by atoms with E-state index < -0.39 is 0 Å². The number of para-hydroxylation sites is 1. The van der Waals surface area contributed by atoms with E-state index in [0.717, 1.165) is 19.5 Å². The predicted octanol–water partition coefficient (Wildman–Crippen LogP) is 2.06. The van der Waals surface area contributed by atoms with Crippen LogP contribution in [0.25, 0.3) is 0 Å². The van der Waals surface area contributed by atoms with Gasteiger partial charge in [0.05, 0.1) is 5.75 Å². The number of benzene rings is 1. The van der Waals surface area contributed by atoms with Crippen molar-refractivity contribution in [3.05, 3.63) is 30.3 Å². The van der Waals surface area contributed by atoms with Crippen LogP contribution < -0.4 is 10.2 Å². The molecule has 0 saturated carbocycles. The summed E-state index contributed by atoms with van der Waals surface area (Å²) in [7, 11) is 2.06. The molecule has 8 heteroatoms. The third-order valence-electron chi connectivity index (χ3n) is 3.56. The fraction of sp³-hybridized carbons (Fsp3) is 0.529. The summed E-state index contributed by atoms with van der Waals surface area (Å²) in [4.78, 5) is 14.1. The Morgan fingerprint density at radius 2 is 2.08 bits per heavy atom. The van der Waals surface area contributed by atoms with Crippen molar-refractivity contribution in [3.63, 3.8) is 0 Å². The number of hydrogen-bond acceptors (Lipinski definition) is 6. The summed E-state index contributed by atoms with van der Waals surface area (Å²) in [6.07, 6.45) is 0.896. The van der Waals surface area contributed by atoms with E-state index in [1.165, 1.54) is 17.4 Å². The van der Waals surface area contributed by atoms with Gasteiger partial charge >= 0.3 is 0 Å². The topological polar surface area (TPSA) is 75.9 Å². The number of tetrazole rings is 1. The first-order valence-electron chi connectivity index (χ1n) is 8.48. The van der Waals surface area contributed by atoms with Crippen LogP contribution in [0, 0.1) is 5.92 Å². The lowest BCUT2D eigenvalue weighted by atomic mass is 10.2. The molecule has 7 nitrogen and oxygen atoms in total. The molecule has 1 N–H and O–H groups in total. The summed E-state index contributed by atoms with van der Waals surface area (Å²) in [6, 6.07) is 10.2. The Morgan fingerprint density at radius 3 is 2.80 bits per heavy atom. The molecule has 0 aliphatic heterocycles. The minimum absolute atomic E-state index is 0.00598. The molecular formula is C17H26N6OS. The zero-order valence-electron chi connectivity index (χ0n) is 15.1. The number of nitrogens with zero attached hydrogens (tertiary/aromatic N) is 5. The summed E-state index contributed by atoms with van der Waals surface area (Å²) in [6.45, 7) is 6.52. The number of anilines is 1. The van der Waals surface area contributed by atoms with Crippen LogP contribution in [0.2, 0.25) is 0 Å². The van der Waals surface area contributed by atoms with E-state index in [1.54, 1.807) is 4.68 Å². The fourth-order valence-corrected chi connectivity index (χ4v) is 3.01. The first-order chi connectivity index (χ1) is 12.1. The van der Waals surface area contributed by atoms with Crippen LogP contribution in [0.5, 0.6) is 0 Å². The smallest absolute Gasteiger partial charge is 0.230 e. The van der Waals surface area contributed by atoms with Crippen LogP contribution in [0.3, 0.4) is 0 Å². The lowest BCUT2D eigenvalue weighted by Gasteiger charge is -2.19. The van der Waals surface area contributed by atoms with Gasteiger partial charge in [-0.3, -0.25) is 4.79 Å². The first-order valence-corrected chi connectivity index (χ1v) is 9.46. The van der Waals surface area contributed by atoms with Gasteiger partial charge in [0.2, 0.25) is 11.1 Å². The number of carbonyl (C=O) groups excluding carboxylic acids is 1. The lowest BCUT2D eigenvalue weighted by molar-refractivity contribution is -0.118. The summed E-state index contributed by atoms with van der Waals surface area (Å²) in [5.74, 6) is 0.789. The second kappa shape index (κ2) is 10.0. The quantitative estimate of drug-likeness (QED) is 0.515. The molecule has 0 unspecified atom stereocenters. The molecular weight excluding hydrogens is 336 g/mol. The number of rotatable bonds is 10. The molecule has 1 heterocycles. The molecule has 0 fully saturated rings. The number of thioether (sulfide) groups is 1. The maximum atomic E-state index is 12.0. The maximum absolute atomic E-state index is 12.0. The zero-order valence-corrected chi connectivity index (χ0v) is 15.9. The van der Waals surface area contributed by atoms with Crippen molar-refractivity contribution >= 4 is 23.4 Å². The van der Waals surface area contributed by atoms with E-state index in [4.69, 9.17) is 0 Å². The van der Waals surface area contributed by atoms with Gasteiger partial charge < -0.3 is 10.2 Å². The molecule has 1 amide bonds. The van der Waals surface area contributed by atoms with E-state index >= 15 is 0 Å². The van der Waals surface area contributed by atoms with Crippen LogP contribution in [0.1, 0.15) is 20.3 Å². The largest absolute Gasteiger partial charge is 0.375 e. The van der Waals surface area contributed by atoms with Crippen molar-refractivity contribution in [1.82, 2.24) is 25.5 Å². The molecule has 0 bridgehead atoms. The van der Waals surface area contributed by atoms with Crippen LogP contribution >= 0.6 is 11.8 Å². The Bertz CT molecular complexity index is 646. The van der Waals surface area contributed by atoms with E-state index in [1.807, 2.05) is 18.2 Å². The molecule has 0 aliphatic carbocycles. The second-order valence-electron chi connectivity index (χ2n) is 6.29. The highest BCUT2D eigenvalue weighted by Gasteiger charge is 2.10. The first kappa shape index (κ1) is 19.2. The third-order valence-corrected chi connectivity index (χ3v) is 4.52. The van der Waals surface area contributed by atoms with Crippen molar-refractivity contribution in [2.45, 2.75) is 32.0 Å². The third kappa shape index (κ3) is 6.74. The van der Waals surface area contributed by atoms with Gasteiger partial charge in [0, 0.05) is 32.4 Å². The fourth-order valence-electron chi connectivity index (χ4n) is 2.30. The number of aromatic nitrogens is 4. The minimum atomic E-state index is 0.00598. The number of hydrogen-bond donors (Lipinski definition) is 1. The van der Waals surface area contributed by atoms with Crippen LogP contribution in [0.15, 0.2) is 35.5 Å². The number of amides is 1. The minimum Gasteiger partial charge on any atom is -0.375 e. The molecule has 136 valence electrons. The van der Waals surface area contributed by atoms with E-state index in [0.29, 0.717) is 23.4 Å². The Morgan fingerprint density at radius 1 is 1.32 bits per heavy atom. The van der Waals surface area contributed by atoms with Gasteiger partial charge in [0.15, 0.2) is 0 Å². The molecule has 0 saturated heterocycles. The summed E-state index contributed by atoms with van der Waals surface area (Å²) in [5, 5.41) is 15.2. The zero-order chi connectivity index (χ0) is 18.1. The van der Waals surface area contributed by atoms with Crippen LogP contribution in [0.4, 0.5) is 5.69 Å². The molecule has 1 aromatic carbocycles. The highest BCUT2D eigenvalue weighted by Crippen LogP contribution is 2.14. The SMILES string of the molecule is CC(C)Cn1nnnc1SCC(=O)NCCCN(C)c1ccccc1. The molecule has 1 aromatic heterocycles. The van der Waals surface area contributed by atoms with Crippen LogP contribution in [-0.4, -0.2) is 52.0 Å². The van der Waals surface area contributed by atoms with E-state index in [9.17, 15) is 4.79 Å². The summed E-state index contributed by atoms with van der Waals surface area (Å²) in [5.41, 5.74) is 1.18. The lowest BCUT2D eigenvalue weighted by Crippen LogP contribution is -2.29. The van der Waals surface area contributed by atoms with Crippen LogP contribution in [-0.2, 0) is 11.3 Å². The van der Waals surface area contributed by atoms with Gasteiger partial charge in [0.1, 0.15) is 0 Å². The standard InChI is InChI=1S/C17H26N6OS/c1-14(2)12-23-17(19-20-21-23)25-13-16(24)18-10-7-11-22(3)15-8-5-4-6-9-15/h4-6,8-9,14H,7,10-13H2,1-3H3,(H,18,24). The van der Waals surface area contributed by atoms with E-state index in [-0.39, 0.29) is 5.91 Å². The Labute approximate surface area is 153 Å². The Kier molecular flexibility index (Phi) is 7.72. The molecule has 0 atom stereocenters. The summed E-state index contributed by atoms with van der Waals surface area (Å²) < 4.78 is 1.75. The predicted molar refractivity (Wildman–Crippen MR) is 101 cm³/mol. The van der Waals surface area contributed by atoms with Gasteiger partial charge in [-0.1, -0.05) is 43.8 Å². The van der Waals surface area contributed by atoms with Gasteiger partial charge in [-0.15, -0.1) is 5.10 Å². The Hall–Kier alpha value is -2.09. The van der Waals surface area contributed by atoms with E-state index in [2.05, 4.69) is 58.8 Å². The average molecular weight is 363 g/mol. The molecule has 0 radical (unpaired) electrons. The number of carbonyl (C=O) groups is 1. The number of nitrogens with one attached hydrogen (secondary N) is 1. The second-order valence-corrected chi connectivity index (χ2v) is 7.23. The highest BCUT2D eigenvalue weighted by molar-refractivity contribution is 7.99. The van der Waals surface area contributed by atoms with Crippen molar-refractivity contribution in [2.24, 2.45) is 5.92 Å².